The molecule has 0 aliphatic rings. The van der Waals surface area contributed by atoms with Crippen LogP contribution in [0.25, 0.3) is 0 Å². The molecule has 2 aromatic rings. The maximum absolute atomic E-state index is 14.2. The standard InChI is InChI=1S/C14H18BrFN4O/c1-8-14(15)13(20(2)19-8)7-12(18-17)10-5-4-9(21-3)6-11(10)16/h4-6,12,18H,7,17H2,1-3H3. The van der Waals surface area contributed by atoms with E-state index >= 15 is 0 Å². The summed E-state index contributed by atoms with van der Waals surface area (Å²) in [7, 11) is 3.35. The van der Waals surface area contributed by atoms with E-state index in [1.807, 2.05) is 14.0 Å². The molecule has 7 heteroatoms. The zero-order chi connectivity index (χ0) is 15.6. The van der Waals surface area contributed by atoms with Gasteiger partial charge in [0.1, 0.15) is 11.6 Å². The molecule has 0 aliphatic heterocycles. The van der Waals surface area contributed by atoms with Crippen molar-refractivity contribution in [3.05, 3.63) is 45.4 Å². The largest absolute Gasteiger partial charge is 0.497 e. The third-order valence-corrected chi connectivity index (χ3v) is 4.47. The monoisotopic (exact) mass is 356 g/mol. The second-order valence-electron chi connectivity index (χ2n) is 4.78. The first-order valence-electron chi connectivity index (χ1n) is 6.45. The summed E-state index contributed by atoms with van der Waals surface area (Å²) < 4.78 is 21.9. The van der Waals surface area contributed by atoms with Gasteiger partial charge in [0.25, 0.3) is 0 Å². The second kappa shape index (κ2) is 6.55. The number of halogens is 2. The quantitative estimate of drug-likeness (QED) is 0.637. The Morgan fingerprint density at radius 1 is 1.52 bits per heavy atom. The van der Waals surface area contributed by atoms with Crippen molar-refractivity contribution in [1.82, 2.24) is 15.2 Å². The second-order valence-corrected chi connectivity index (χ2v) is 5.57. The molecule has 5 nitrogen and oxygen atoms in total. The Labute approximate surface area is 131 Å². The lowest BCUT2D eigenvalue weighted by molar-refractivity contribution is 0.409. The predicted molar refractivity (Wildman–Crippen MR) is 82.4 cm³/mol. The number of nitrogens with two attached hydrogens (primary N) is 1. The first-order chi connectivity index (χ1) is 9.97. The van der Waals surface area contributed by atoms with Crippen molar-refractivity contribution in [1.29, 1.82) is 0 Å². The average molecular weight is 357 g/mol. The lowest BCUT2D eigenvalue weighted by Gasteiger charge is -2.18. The molecule has 0 amide bonds. The van der Waals surface area contributed by atoms with Crippen LogP contribution in [0.1, 0.15) is 23.0 Å². The summed E-state index contributed by atoms with van der Waals surface area (Å²) in [5.74, 6) is 5.73. The molecule has 1 aromatic carbocycles. The third kappa shape index (κ3) is 3.25. The number of hydrazine groups is 1. The van der Waals surface area contributed by atoms with E-state index in [1.54, 1.807) is 16.8 Å². The molecule has 1 heterocycles. The molecular weight excluding hydrogens is 339 g/mol. The molecule has 0 fully saturated rings. The van der Waals surface area contributed by atoms with Crippen LogP contribution in [0.3, 0.4) is 0 Å². The van der Waals surface area contributed by atoms with Crippen LogP contribution in [0, 0.1) is 12.7 Å². The highest BCUT2D eigenvalue weighted by Gasteiger charge is 2.20. The highest BCUT2D eigenvalue weighted by atomic mass is 79.9. The van der Waals surface area contributed by atoms with Crippen LogP contribution in [-0.2, 0) is 13.5 Å². The van der Waals surface area contributed by atoms with Crippen LogP contribution in [0.2, 0.25) is 0 Å². The minimum Gasteiger partial charge on any atom is -0.497 e. The lowest BCUT2D eigenvalue weighted by atomic mass is 10.0. The molecule has 0 saturated heterocycles. The van der Waals surface area contributed by atoms with Crippen molar-refractivity contribution < 1.29 is 9.13 Å². The fourth-order valence-electron chi connectivity index (χ4n) is 2.27. The molecule has 1 unspecified atom stereocenters. The summed E-state index contributed by atoms with van der Waals surface area (Å²) >= 11 is 3.51. The number of hydrogen-bond donors (Lipinski definition) is 2. The summed E-state index contributed by atoms with van der Waals surface area (Å²) in [5, 5.41) is 4.33. The van der Waals surface area contributed by atoms with Gasteiger partial charge in [-0.05, 0) is 28.9 Å². The summed E-state index contributed by atoms with van der Waals surface area (Å²) in [4.78, 5) is 0. The Hall–Kier alpha value is -1.44. The fourth-order valence-corrected chi connectivity index (χ4v) is 2.77. The van der Waals surface area contributed by atoms with Gasteiger partial charge in [-0.15, -0.1) is 0 Å². The van der Waals surface area contributed by atoms with Gasteiger partial charge < -0.3 is 4.74 Å². The van der Waals surface area contributed by atoms with Crippen LogP contribution in [-0.4, -0.2) is 16.9 Å². The number of benzene rings is 1. The van der Waals surface area contributed by atoms with E-state index in [-0.39, 0.29) is 11.9 Å². The zero-order valence-electron chi connectivity index (χ0n) is 12.2. The van der Waals surface area contributed by atoms with E-state index in [0.717, 1.165) is 15.9 Å². The molecule has 2 rings (SSSR count). The first-order valence-corrected chi connectivity index (χ1v) is 7.24. The summed E-state index contributed by atoms with van der Waals surface area (Å²) in [6.07, 6.45) is 0.512. The number of ether oxygens (including phenoxy) is 1. The molecule has 3 N–H and O–H groups in total. The van der Waals surface area contributed by atoms with Gasteiger partial charge in [0.2, 0.25) is 0 Å². The van der Waals surface area contributed by atoms with Gasteiger partial charge >= 0.3 is 0 Å². The summed E-state index contributed by atoms with van der Waals surface area (Å²) in [6.45, 7) is 1.91. The average Bonchev–Trinajstić information content (AvgIpc) is 2.70. The Morgan fingerprint density at radius 2 is 2.24 bits per heavy atom. The van der Waals surface area contributed by atoms with E-state index in [0.29, 0.717) is 17.7 Å². The normalized spacial score (nSPS) is 12.5. The smallest absolute Gasteiger partial charge is 0.131 e. The molecule has 0 aliphatic carbocycles. The molecule has 1 atom stereocenters. The van der Waals surface area contributed by atoms with E-state index < -0.39 is 0 Å². The minimum atomic E-state index is -0.359. The third-order valence-electron chi connectivity index (χ3n) is 3.44. The van der Waals surface area contributed by atoms with E-state index in [1.165, 1.54) is 13.2 Å². The minimum absolute atomic E-state index is 0.354. The van der Waals surface area contributed by atoms with E-state index in [2.05, 4.69) is 26.5 Å². The Morgan fingerprint density at radius 3 is 2.71 bits per heavy atom. The zero-order valence-corrected chi connectivity index (χ0v) is 13.7. The SMILES string of the molecule is COc1ccc(C(Cc2c(Br)c(C)nn2C)NN)c(F)c1. The van der Waals surface area contributed by atoms with Crippen molar-refractivity contribution in [2.45, 2.75) is 19.4 Å². The molecule has 114 valence electrons. The molecular formula is C14H18BrFN4O. The van der Waals surface area contributed by atoms with E-state index in [9.17, 15) is 4.39 Å². The van der Waals surface area contributed by atoms with Crippen LogP contribution in [0.4, 0.5) is 4.39 Å². The van der Waals surface area contributed by atoms with Gasteiger partial charge in [-0.3, -0.25) is 16.0 Å². The van der Waals surface area contributed by atoms with Gasteiger partial charge in [0.15, 0.2) is 0 Å². The molecule has 0 bridgehead atoms. The van der Waals surface area contributed by atoms with Crippen molar-refractivity contribution in [2.24, 2.45) is 12.9 Å². The number of hydrogen-bond acceptors (Lipinski definition) is 4. The van der Waals surface area contributed by atoms with Crippen LogP contribution in [0.15, 0.2) is 22.7 Å². The molecule has 1 aromatic heterocycles. The molecule has 21 heavy (non-hydrogen) atoms. The van der Waals surface area contributed by atoms with Crippen molar-refractivity contribution in [3.63, 3.8) is 0 Å². The Balaban J connectivity index is 2.32. The first kappa shape index (κ1) is 15.9. The topological polar surface area (TPSA) is 65.1 Å². The molecule has 0 radical (unpaired) electrons. The number of aromatic nitrogens is 2. The van der Waals surface area contributed by atoms with Crippen LogP contribution in [0.5, 0.6) is 5.75 Å². The van der Waals surface area contributed by atoms with Crippen LogP contribution < -0.4 is 16.0 Å². The fraction of sp³-hybridized carbons (Fsp3) is 0.357. The summed E-state index contributed by atoms with van der Waals surface area (Å²) in [6, 6.07) is 4.38. The maximum atomic E-state index is 14.2. The number of nitrogens with one attached hydrogen (secondary N) is 1. The molecule has 0 saturated carbocycles. The maximum Gasteiger partial charge on any atom is 0.131 e. The van der Waals surface area contributed by atoms with Crippen molar-refractivity contribution >= 4 is 15.9 Å². The highest BCUT2D eigenvalue weighted by Crippen LogP contribution is 2.28. The predicted octanol–water partition coefficient (Wildman–Crippen LogP) is 2.39. The van der Waals surface area contributed by atoms with E-state index in [4.69, 9.17) is 10.6 Å². The van der Waals surface area contributed by atoms with Crippen molar-refractivity contribution in [2.75, 3.05) is 7.11 Å². The summed E-state index contributed by atoms with van der Waals surface area (Å²) in [5.41, 5.74) is 4.99. The van der Waals surface area contributed by atoms with Gasteiger partial charge in [0.05, 0.1) is 29.0 Å². The number of rotatable bonds is 5. The van der Waals surface area contributed by atoms with Gasteiger partial charge in [-0.2, -0.15) is 5.10 Å². The molecule has 0 spiro atoms. The van der Waals surface area contributed by atoms with Gasteiger partial charge in [-0.1, -0.05) is 6.07 Å². The Kier molecular flexibility index (Phi) is 4.97. The number of aryl methyl sites for hydroxylation is 2. The number of methoxy groups -OCH3 is 1. The number of nitrogens with zero attached hydrogens (tertiary/aromatic N) is 2. The van der Waals surface area contributed by atoms with Crippen LogP contribution >= 0.6 is 15.9 Å². The van der Waals surface area contributed by atoms with Crippen molar-refractivity contribution in [3.8, 4) is 5.75 Å². The lowest BCUT2D eigenvalue weighted by Crippen LogP contribution is -2.31. The Bertz CT molecular complexity index is 644. The van der Waals surface area contributed by atoms with Gasteiger partial charge in [0, 0.05) is 25.1 Å². The highest BCUT2D eigenvalue weighted by molar-refractivity contribution is 9.10. The van der Waals surface area contributed by atoms with Gasteiger partial charge in [-0.25, -0.2) is 4.39 Å².